The van der Waals surface area contributed by atoms with Gasteiger partial charge >= 0.3 is 0 Å². The predicted molar refractivity (Wildman–Crippen MR) is 117 cm³/mol. The van der Waals surface area contributed by atoms with Gasteiger partial charge in [0, 0.05) is 5.02 Å². The number of carbonyl (C=O) groups is 1. The number of benzene rings is 2. The third kappa shape index (κ3) is 4.99. The molecule has 0 bridgehead atoms. The Balaban J connectivity index is 1.76. The molecule has 2 aromatic rings. The zero-order valence-corrected chi connectivity index (χ0v) is 18.7. The van der Waals surface area contributed by atoms with Gasteiger partial charge < -0.3 is 14.8 Å². The van der Waals surface area contributed by atoms with E-state index < -0.39 is 22.0 Å². The minimum Gasteiger partial charge on any atom is -0.486 e. The number of amides is 1. The molecular formula is C21H25ClN2O5S. The van der Waals surface area contributed by atoms with Crippen molar-refractivity contribution < 1.29 is 22.7 Å². The maximum Gasteiger partial charge on any atom is 0.244 e. The van der Waals surface area contributed by atoms with Crippen LogP contribution in [0.3, 0.4) is 0 Å². The first kappa shape index (κ1) is 22.2. The van der Waals surface area contributed by atoms with Crippen molar-refractivity contribution in [3.8, 4) is 11.5 Å². The third-order valence-corrected chi connectivity index (χ3v) is 6.21. The maximum absolute atomic E-state index is 13.0. The smallest absolute Gasteiger partial charge is 0.244 e. The number of halogens is 1. The van der Waals surface area contributed by atoms with Gasteiger partial charge in [0.25, 0.3) is 0 Å². The Morgan fingerprint density at radius 1 is 1.27 bits per heavy atom. The summed E-state index contributed by atoms with van der Waals surface area (Å²) in [6.45, 7) is 4.02. The summed E-state index contributed by atoms with van der Waals surface area (Å²) < 4.78 is 37.9. The molecule has 0 aromatic heterocycles. The van der Waals surface area contributed by atoms with E-state index in [1.165, 1.54) is 0 Å². The number of fused-ring (bicyclic) bond motifs is 1. The number of rotatable bonds is 7. The number of ether oxygens (including phenoxy) is 2. The summed E-state index contributed by atoms with van der Waals surface area (Å²) in [7, 11) is -3.74. The van der Waals surface area contributed by atoms with E-state index in [0.29, 0.717) is 27.8 Å². The second-order valence-corrected chi connectivity index (χ2v) is 9.45. The molecule has 3 rings (SSSR count). The van der Waals surface area contributed by atoms with Crippen molar-refractivity contribution in [1.82, 2.24) is 5.32 Å². The number of hydrogen-bond donors (Lipinski definition) is 1. The fraction of sp³-hybridized carbons (Fsp3) is 0.381. The Kier molecular flexibility index (Phi) is 6.77. The molecule has 2 atom stereocenters. The van der Waals surface area contributed by atoms with Crippen molar-refractivity contribution in [2.45, 2.75) is 32.4 Å². The largest absolute Gasteiger partial charge is 0.486 e. The van der Waals surface area contributed by atoms with Gasteiger partial charge in [0.05, 0.1) is 18.5 Å². The van der Waals surface area contributed by atoms with Crippen LogP contribution in [0.4, 0.5) is 5.69 Å². The van der Waals surface area contributed by atoms with Crippen LogP contribution in [0.25, 0.3) is 0 Å². The van der Waals surface area contributed by atoms with Crippen LogP contribution in [0.2, 0.25) is 5.02 Å². The molecule has 9 heteroatoms. The molecule has 0 spiro atoms. The molecule has 0 unspecified atom stereocenters. The third-order valence-electron chi connectivity index (χ3n) is 4.81. The topological polar surface area (TPSA) is 84.9 Å². The Hall–Kier alpha value is -2.45. The second kappa shape index (κ2) is 9.14. The summed E-state index contributed by atoms with van der Waals surface area (Å²) in [5.41, 5.74) is 1.09. The van der Waals surface area contributed by atoms with Gasteiger partial charge in [-0.05, 0) is 43.2 Å². The molecule has 1 aliphatic rings. The minimum atomic E-state index is -3.74. The standard InChI is InChI=1S/C21H25ClN2O5S/c1-4-17(24(30(3,26)27)18-11-15(22)10-9-14(18)2)21(25)23-12-16-13-28-19-7-5-6-8-20(19)29-16/h5-11,16-17H,4,12-13H2,1-3H3,(H,23,25)/t16-,17+/m1/s1. The van der Waals surface area contributed by atoms with E-state index in [2.05, 4.69) is 5.32 Å². The molecule has 0 saturated heterocycles. The van der Waals surface area contributed by atoms with E-state index in [1.807, 2.05) is 18.2 Å². The van der Waals surface area contributed by atoms with Crippen molar-refractivity contribution in [2.24, 2.45) is 0 Å². The summed E-state index contributed by atoms with van der Waals surface area (Å²) in [6.07, 6.45) is 0.995. The highest BCUT2D eigenvalue weighted by molar-refractivity contribution is 7.92. The Labute approximate surface area is 182 Å². The molecule has 1 heterocycles. The van der Waals surface area contributed by atoms with Crippen LogP contribution in [0.15, 0.2) is 42.5 Å². The maximum atomic E-state index is 13.0. The lowest BCUT2D eigenvalue weighted by atomic mass is 10.1. The monoisotopic (exact) mass is 452 g/mol. The van der Waals surface area contributed by atoms with Gasteiger partial charge in [0.15, 0.2) is 11.5 Å². The molecule has 0 radical (unpaired) electrons. The van der Waals surface area contributed by atoms with Crippen molar-refractivity contribution in [2.75, 3.05) is 23.7 Å². The number of sulfonamides is 1. The first-order valence-electron chi connectivity index (χ1n) is 9.62. The zero-order chi connectivity index (χ0) is 21.9. The lowest BCUT2D eigenvalue weighted by molar-refractivity contribution is -0.122. The van der Waals surface area contributed by atoms with Crippen LogP contribution in [0, 0.1) is 6.92 Å². The first-order valence-corrected chi connectivity index (χ1v) is 11.8. The van der Waals surface area contributed by atoms with Crippen LogP contribution in [0.1, 0.15) is 18.9 Å². The van der Waals surface area contributed by atoms with E-state index in [0.717, 1.165) is 10.6 Å². The van der Waals surface area contributed by atoms with Crippen LogP contribution in [0.5, 0.6) is 11.5 Å². The molecule has 1 amide bonds. The van der Waals surface area contributed by atoms with E-state index in [9.17, 15) is 13.2 Å². The lowest BCUT2D eigenvalue weighted by Gasteiger charge is -2.32. The average Bonchev–Trinajstić information content (AvgIpc) is 2.71. The van der Waals surface area contributed by atoms with E-state index >= 15 is 0 Å². The van der Waals surface area contributed by atoms with Crippen molar-refractivity contribution in [1.29, 1.82) is 0 Å². The second-order valence-electron chi connectivity index (χ2n) is 7.16. The number of nitrogens with zero attached hydrogens (tertiary/aromatic N) is 1. The van der Waals surface area contributed by atoms with Crippen LogP contribution >= 0.6 is 11.6 Å². The Bertz CT molecular complexity index is 1030. The van der Waals surface area contributed by atoms with Crippen molar-refractivity contribution in [3.63, 3.8) is 0 Å². The van der Waals surface area contributed by atoms with Gasteiger partial charge in [-0.1, -0.05) is 36.7 Å². The molecular weight excluding hydrogens is 428 g/mol. The molecule has 2 aromatic carbocycles. The molecule has 162 valence electrons. The molecule has 0 aliphatic carbocycles. The first-order chi connectivity index (χ1) is 14.2. The number of para-hydroxylation sites is 2. The molecule has 1 aliphatic heterocycles. The fourth-order valence-electron chi connectivity index (χ4n) is 3.35. The quantitative estimate of drug-likeness (QED) is 0.697. The Morgan fingerprint density at radius 3 is 2.63 bits per heavy atom. The number of carbonyl (C=O) groups excluding carboxylic acids is 1. The summed E-state index contributed by atoms with van der Waals surface area (Å²) in [4.78, 5) is 13.0. The van der Waals surface area contributed by atoms with E-state index in [4.69, 9.17) is 21.1 Å². The molecule has 0 fully saturated rings. The van der Waals surface area contributed by atoms with Gasteiger partial charge in [-0.3, -0.25) is 9.10 Å². The highest BCUT2D eigenvalue weighted by Gasteiger charge is 2.33. The fourth-order valence-corrected chi connectivity index (χ4v) is 4.78. The van der Waals surface area contributed by atoms with Crippen LogP contribution < -0.4 is 19.1 Å². The minimum absolute atomic E-state index is 0.190. The van der Waals surface area contributed by atoms with Gasteiger partial charge in [-0.2, -0.15) is 0 Å². The van der Waals surface area contributed by atoms with Gasteiger partial charge in [0.1, 0.15) is 18.8 Å². The SMILES string of the molecule is CC[C@@H](C(=O)NC[C@@H]1COc2ccccc2O1)N(c1cc(Cl)ccc1C)S(C)(=O)=O. The van der Waals surface area contributed by atoms with Gasteiger partial charge in [-0.25, -0.2) is 8.42 Å². The zero-order valence-electron chi connectivity index (χ0n) is 17.1. The molecule has 7 nitrogen and oxygen atoms in total. The highest BCUT2D eigenvalue weighted by atomic mass is 35.5. The van der Waals surface area contributed by atoms with Crippen LogP contribution in [-0.4, -0.2) is 45.9 Å². The summed E-state index contributed by atoms with van der Waals surface area (Å²) >= 11 is 6.09. The average molecular weight is 453 g/mol. The Morgan fingerprint density at radius 2 is 1.97 bits per heavy atom. The summed E-state index contributed by atoms with van der Waals surface area (Å²) in [5, 5.41) is 3.20. The van der Waals surface area contributed by atoms with E-state index in [-0.39, 0.29) is 25.7 Å². The molecule has 0 saturated carbocycles. The molecule has 30 heavy (non-hydrogen) atoms. The van der Waals surface area contributed by atoms with Gasteiger partial charge in [-0.15, -0.1) is 0 Å². The number of nitrogens with one attached hydrogen (secondary N) is 1. The summed E-state index contributed by atoms with van der Waals surface area (Å²) in [6, 6.07) is 11.4. The van der Waals surface area contributed by atoms with Crippen LogP contribution in [-0.2, 0) is 14.8 Å². The number of aryl methyl sites for hydroxylation is 1. The van der Waals surface area contributed by atoms with Crippen molar-refractivity contribution in [3.05, 3.63) is 53.1 Å². The van der Waals surface area contributed by atoms with E-state index in [1.54, 1.807) is 38.1 Å². The van der Waals surface area contributed by atoms with Crippen molar-refractivity contribution >= 4 is 33.2 Å². The highest BCUT2D eigenvalue weighted by Crippen LogP contribution is 2.31. The number of anilines is 1. The molecule has 1 N–H and O–H groups in total. The normalized spacial score (nSPS) is 16.6. The lowest BCUT2D eigenvalue weighted by Crippen LogP contribution is -2.51. The number of hydrogen-bond acceptors (Lipinski definition) is 5. The predicted octanol–water partition coefficient (Wildman–Crippen LogP) is 3.15. The van der Waals surface area contributed by atoms with Gasteiger partial charge in [0.2, 0.25) is 15.9 Å². The summed E-state index contributed by atoms with van der Waals surface area (Å²) in [5.74, 6) is 0.860.